The molecule has 1 saturated carbocycles. The van der Waals surface area contributed by atoms with Crippen LogP contribution in [0.2, 0.25) is 0 Å². The molecule has 1 aliphatic carbocycles. The van der Waals surface area contributed by atoms with Gasteiger partial charge >= 0.3 is 0 Å². The van der Waals surface area contributed by atoms with Crippen LogP contribution in [0.4, 0.5) is 8.78 Å². The second-order valence-electron chi connectivity index (χ2n) is 10.5. The highest BCUT2D eigenvalue weighted by Crippen LogP contribution is 2.42. The largest absolute Gasteiger partial charge is 0.493 e. The molecular weight excluding hydrogens is 448 g/mol. The van der Waals surface area contributed by atoms with Gasteiger partial charge in [0.05, 0.1) is 25.9 Å². The molecule has 0 radical (unpaired) electrons. The maximum Gasteiger partial charge on any atom is 0.272 e. The molecule has 1 aromatic carbocycles. The summed E-state index contributed by atoms with van der Waals surface area (Å²) in [5.74, 6) is -1.01. The van der Waals surface area contributed by atoms with Crippen LogP contribution < -0.4 is 4.74 Å². The van der Waals surface area contributed by atoms with Crippen molar-refractivity contribution < 1.29 is 13.5 Å². The lowest BCUT2D eigenvalue weighted by Gasteiger charge is -2.46. The molecule has 8 heteroatoms. The van der Waals surface area contributed by atoms with E-state index in [0.29, 0.717) is 29.3 Å². The van der Waals surface area contributed by atoms with Crippen LogP contribution >= 0.6 is 0 Å². The molecule has 1 saturated heterocycles. The number of nitrogens with zero attached hydrogens (tertiary/aromatic N) is 4. The lowest BCUT2D eigenvalue weighted by Crippen LogP contribution is -2.60. The van der Waals surface area contributed by atoms with Crippen molar-refractivity contribution in [3.63, 3.8) is 0 Å². The number of pyridine rings is 1. The van der Waals surface area contributed by atoms with Crippen LogP contribution in [0.3, 0.4) is 0 Å². The first-order valence-corrected chi connectivity index (χ1v) is 12.5. The monoisotopic (exact) mass is 479 g/mol. The number of halogens is 2. The van der Waals surface area contributed by atoms with E-state index in [1.807, 2.05) is 17.2 Å². The van der Waals surface area contributed by atoms with Gasteiger partial charge in [0.1, 0.15) is 6.33 Å². The normalized spacial score (nSPS) is 22.7. The highest BCUT2D eigenvalue weighted by atomic mass is 19.3. The summed E-state index contributed by atoms with van der Waals surface area (Å²) < 4.78 is 33.9. The number of nitrogens with one attached hydrogen (secondary N) is 1. The van der Waals surface area contributed by atoms with Crippen molar-refractivity contribution in [2.75, 3.05) is 20.2 Å². The van der Waals surface area contributed by atoms with Crippen molar-refractivity contribution in [2.45, 2.75) is 63.3 Å². The molecule has 6 nitrogen and oxygen atoms in total. The molecule has 1 N–H and O–H groups in total. The zero-order valence-electron chi connectivity index (χ0n) is 20.4. The van der Waals surface area contributed by atoms with Gasteiger partial charge in [-0.05, 0) is 66.8 Å². The van der Waals surface area contributed by atoms with Crippen LogP contribution in [0, 0.1) is 0 Å². The van der Waals surface area contributed by atoms with Gasteiger partial charge in [-0.25, -0.2) is 18.3 Å². The van der Waals surface area contributed by atoms with E-state index in [9.17, 15) is 8.78 Å². The van der Waals surface area contributed by atoms with E-state index >= 15 is 0 Å². The minimum absolute atomic E-state index is 0.0661. The Morgan fingerprint density at radius 1 is 1.11 bits per heavy atom. The third-order valence-electron chi connectivity index (χ3n) is 7.84. The van der Waals surface area contributed by atoms with Crippen LogP contribution in [0.1, 0.15) is 62.5 Å². The Hall–Kier alpha value is -3.00. The molecule has 1 aliphatic heterocycles. The molecule has 0 bridgehead atoms. The number of aromatic amines is 1. The fourth-order valence-corrected chi connectivity index (χ4v) is 6.07. The molecule has 0 atom stereocenters. The molecule has 4 heterocycles. The van der Waals surface area contributed by atoms with Crippen molar-refractivity contribution in [3.8, 4) is 17.0 Å². The molecule has 2 aliphatic rings. The Balaban J connectivity index is 1.32. The number of H-pyrrole nitrogens is 1. The zero-order valence-corrected chi connectivity index (χ0v) is 20.4. The van der Waals surface area contributed by atoms with E-state index in [1.165, 1.54) is 22.8 Å². The Labute approximate surface area is 203 Å². The predicted molar refractivity (Wildman–Crippen MR) is 132 cm³/mol. The number of likely N-dealkylation sites (tertiary alicyclic amines) is 1. The zero-order chi connectivity index (χ0) is 24.3. The molecule has 184 valence electrons. The van der Waals surface area contributed by atoms with Gasteiger partial charge < -0.3 is 9.72 Å². The average molecular weight is 480 g/mol. The Bertz CT molecular complexity index is 1380. The van der Waals surface area contributed by atoms with Crippen molar-refractivity contribution in [2.24, 2.45) is 0 Å². The summed E-state index contributed by atoms with van der Waals surface area (Å²) in [6.45, 7) is 4.31. The van der Waals surface area contributed by atoms with Gasteiger partial charge in [-0.15, -0.1) is 0 Å². The molecule has 35 heavy (non-hydrogen) atoms. The van der Waals surface area contributed by atoms with Crippen molar-refractivity contribution >= 4 is 16.6 Å². The first kappa shape index (κ1) is 22.5. The number of ether oxygens (including phenoxy) is 1. The van der Waals surface area contributed by atoms with Crippen LogP contribution in [0.25, 0.3) is 27.8 Å². The van der Waals surface area contributed by atoms with E-state index in [2.05, 4.69) is 47.1 Å². The number of fused-ring (bicyclic) bond motifs is 2. The fraction of sp³-hybridized carbons (Fsp3) is 0.481. The van der Waals surface area contributed by atoms with Gasteiger partial charge in [0.15, 0.2) is 11.4 Å². The standard InChI is InChI=1S/C27H31F2N5O/c1-16(2)24-21-10-18(17-4-7-20(8-5-17)33-13-27(28,29)14-33)6-9-22(21)32-25(24)19-11-23(35-3)26-30-15-31-34(26)12-19/h6,9-12,15-17,20,32H,4-5,7-8,13-14H2,1-3H3. The summed E-state index contributed by atoms with van der Waals surface area (Å²) >= 11 is 0. The number of hydrogen-bond donors (Lipinski definition) is 1. The Kier molecular flexibility index (Phi) is 5.32. The maximum atomic E-state index is 13.3. The Morgan fingerprint density at radius 2 is 1.89 bits per heavy atom. The van der Waals surface area contributed by atoms with Gasteiger partial charge in [0.2, 0.25) is 0 Å². The molecule has 0 spiro atoms. The van der Waals surface area contributed by atoms with Crippen molar-refractivity contribution in [1.29, 1.82) is 0 Å². The quantitative estimate of drug-likeness (QED) is 0.382. The highest BCUT2D eigenvalue weighted by molar-refractivity contribution is 5.92. The molecule has 2 fully saturated rings. The number of aromatic nitrogens is 4. The second-order valence-corrected chi connectivity index (χ2v) is 10.5. The summed E-state index contributed by atoms with van der Waals surface area (Å²) in [7, 11) is 1.65. The Morgan fingerprint density at radius 3 is 2.57 bits per heavy atom. The molecular formula is C27H31F2N5O. The number of methoxy groups -OCH3 is 1. The topological polar surface area (TPSA) is 58.5 Å². The van der Waals surface area contributed by atoms with E-state index in [0.717, 1.165) is 42.5 Å². The van der Waals surface area contributed by atoms with E-state index in [1.54, 1.807) is 11.6 Å². The molecule has 0 unspecified atom stereocenters. The number of hydrogen-bond acceptors (Lipinski definition) is 4. The first-order chi connectivity index (χ1) is 16.8. The third kappa shape index (κ3) is 3.88. The predicted octanol–water partition coefficient (Wildman–Crippen LogP) is 5.99. The van der Waals surface area contributed by atoms with Crippen LogP contribution in [-0.2, 0) is 0 Å². The summed E-state index contributed by atoms with van der Waals surface area (Å²) in [5, 5.41) is 5.57. The summed E-state index contributed by atoms with van der Waals surface area (Å²) in [6.07, 6.45) is 7.60. The summed E-state index contributed by atoms with van der Waals surface area (Å²) in [6, 6.07) is 9.09. The minimum atomic E-state index is -2.48. The van der Waals surface area contributed by atoms with E-state index in [-0.39, 0.29) is 13.1 Å². The molecule has 3 aromatic heterocycles. The van der Waals surface area contributed by atoms with Gasteiger partial charge in [-0.3, -0.25) is 4.90 Å². The minimum Gasteiger partial charge on any atom is -0.493 e. The number of alkyl halides is 2. The van der Waals surface area contributed by atoms with Crippen molar-refractivity contribution in [3.05, 3.63) is 47.9 Å². The van der Waals surface area contributed by atoms with Crippen LogP contribution in [-0.4, -0.2) is 56.6 Å². The molecule has 6 rings (SSSR count). The third-order valence-corrected chi connectivity index (χ3v) is 7.84. The summed E-state index contributed by atoms with van der Waals surface area (Å²) in [4.78, 5) is 9.91. The van der Waals surface area contributed by atoms with Gasteiger partial charge in [0.25, 0.3) is 5.92 Å². The van der Waals surface area contributed by atoms with Crippen LogP contribution in [0.5, 0.6) is 5.75 Å². The van der Waals surface area contributed by atoms with Gasteiger partial charge in [-0.1, -0.05) is 19.9 Å². The van der Waals surface area contributed by atoms with E-state index in [4.69, 9.17) is 4.74 Å². The highest BCUT2D eigenvalue weighted by Gasteiger charge is 2.47. The number of rotatable bonds is 5. The number of benzene rings is 1. The smallest absolute Gasteiger partial charge is 0.272 e. The lowest BCUT2D eigenvalue weighted by molar-refractivity contribution is -0.150. The lowest BCUT2D eigenvalue weighted by atomic mass is 9.80. The van der Waals surface area contributed by atoms with Gasteiger partial charge in [-0.2, -0.15) is 5.10 Å². The second kappa shape index (κ2) is 8.29. The summed E-state index contributed by atoms with van der Waals surface area (Å²) in [5.41, 5.74) is 6.51. The fourth-order valence-electron chi connectivity index (χ4n) is 6.07. The van der Waals surface area contributed by atoms with Crippen molar-refractivity contribution in [1.82, 2.24) is 24.5 Å². The first-order valence-electron chi connectivity index (χ1n) is 12.5. The maximum absolute atomic E-state index is 13.3. The molecule has 4 aromatic rings. The SMILES string of the molecule is COc1cc(-c2[nH]c3ccc(C4CCC(N5CC(F)(F)C5)CC4)cc3c2C(C)C)cn2ncnc12. The average Bonchev–Trinajstić information content (AvgIpc) is 3.46. The van der Waals surface area contributed by atoms with E-state index < -0.39 is 5.92 Å². The molecule has 0 amide bonds. The van der Waals surface area contributed by atoms with Crippen LogP contribution in [0.15, 0.2) is 36.8 Å². The van der Waals surface area contributed by atoms with Gasteiger partial charge in [0, 0.05) is 28.7 Å².